The van der Waals surface area contributed by atoms with Gasteiger partial charge in [0.2, 0.25) is 11.8 Å². The number of aliphatic carboxylic acids is 2. The quantitative estimate of drug-likeness (QED) is 0.416. The van der Waals surface area contributed by atoms with Crippen molar-refractivity contribution in [3.8, 4) is 0 Å². The molecule has 8 nitrogen and oxygen atoms in total. The first kappa shape index (κ1) is 29.3. The number of amides is 2. The lowest BCUT2D eigenvalue weighted by molar-refractivity contribution is -0.154. The van der Waals surface area contributed by atoms with Gasteiger partial charge in [-0.25, -0.2) is 0 Å². The molecule has 2 amide bonds. The zero-order valence-corrected chi connectivity index (χ0v) is 23.0. The Labute approximate surface area is 236 Å². The van der Waals surface area contributed by atoms with E-state index in [1.165, 1.54) is 0 Å². The average Bonchev–Trinajstić information content (AvgIpc) is 2.98. The lowest BCUT2D eigenvalue weighted by Gasteiger charge is -2.36. The molecule has 40 heavy (non-hydrogen) atoms. The number of carboxylic acid groups (broad SMARTS) is 2. The molecule has 4 atom stereocenters. The van der Waals surface area contributed by atoms with Crippen LogP contribution in [0.25, 0.3) is 0 Å². The third-order valence-corrected chi connectivity index (χ3v) is 8.50. The smallest absolute Gasteiger partial charge is 0.307 e. The Kier molecular flexibility index (Phi) is 10.3. The van der Waals surface area contributed by atoms with Crippen LogP contribution in [0.5, 0.6) is 0 Å². The molecule has 2 fully saturated rings. The van der Waals surface area contributed by atoms with Crippen molar-refractivity contribution in [3.63, 3.8) is 0 Å². The fourth-order valence-electron chi connectivity index (χ4n) is 6.30. The molecule has 2 saturated carbocycles. The number of carboxylic acids is 2. The molecule has 0 saturated heterocycles. The second-order valence-electron chi connectivity index (χ2n) is 11.2. The molecule has 214 valence electrons. The van der Waals surface area contributed by atoms with Crippen LogP contribution in [0.1, 0.15) is 62.5 Å². The maximum Gasteiger partial charge on any atom is 0.307 e. The average molecular weight is 549 g/mol. The van der Waals surface area contributed by atoms with Gasteiger partial charge in [0.1, 0.15) is 0 Å². The topological polar surface area (TPSA) is 115 Å². The van der Waals surface area contributed by atoms with Crippen LogP contribution in [-0.4, -0.2) is 56.9 Å². The molecule has 0 aliphatic heterocycles. The number of carbonyl (C=O) groups excluding carboxylic acids is 2. The maximum atomic E-state index is 13.9. The minimum absolute atomic E-state index is 0.191. The summed E-state index contributed by atoms with van der Waals surface area (Å²) in [6, 6.07) is 19.1. The van der Waals surface area contributed by atoms with E-state index in [1.807, 2.05) is 60.7 Å². The molecule has 0 heterocycles. The van der Waals surface area contributed by atoms with Crippen molar-refractivity contribution in [3.05, 3.63) is 71.8 Å². The fraction of sp³-hybridized carbons (Fsp3) is 0.500. The summed E-state index contributed by atoms with van der Waals surface area (Å²) in [6.45, 7) is 1.10. The molecule has 2 aliphatic rings. The molecular formula is C32H40N2O6. The number of benzene rings is 2. The predicted molar refractivity (Wildman–Crippen MR) is 150 cm³/mol. The van der Waals surface area contributed by atoms with E-state index in [1.54, 1.807) is 9.80 Å². The Balaban J connectivity index is 1.58. The largest absolute Gasteiger partial charge is 0.481 e. The fourth-order valence-corrected chi connectivity index (χ4v) is 6.30. The van der Waals surface area contributed by atoms with Gasteiger partial charge < -0.3 is 20.0 Å². The van der Waals surface area contributed by atoms with Crippen LogP contribution in [-0.2, 0) is 32.3 Å². The zero-order valence-electron chi connectivity index (χ0n) is 23.0. The Hall–Kier alpha value is -3.68. The number of hydrogen-bond donors (Lipinski definition) is 2. The second-order valence-corrected chi connectivity index (χ2v) is 11.2. The van der Waals surface area contributed by atoms with Gasteiger partial charge in [0.15, 0.2) is 0 Å². The second kappa shape index (κ2) is 14.1. The predicted octanol–water partition coefficient (Wildman–Crippen LogP) is 4.83. The van der Waals surface area contributed by atoms with Crippen molar-refractivity contribution >= 4 is 23.8 Å². The summed E-state index contributed by atoms with van der Waals surface area (Å²) in [5.74, 6) is -4.86. The van der Waals surface area contributed by atoms with E-state index < -0.39 is 35.6 Å². The van der Waals surface area contributed by atoms with Crippen LogP contribution in [0.15, 0.2) is 60.7 Å². The molecule has 0 radical (unpaired) electrons. The van der Waals surface area contributed by atoms with Crippen molar-refractivity contribution in [2.45, 2.75) is 64.5 Å². The van der Waals surface area contributed by atoms with Crippen molar-refractivity contribution in [1.82, 2.24) is 9.80 Å². The Morgan fingerprint density at radius 1 is 0.550 bits per heavy atom. The Bertz CT molecular complexity index is 1060. The van der Waals surface area contributed by atoms with E-state index in [2.05, 4.69) is 0 Å². The molecule has 0 spiro atoms. The molecule has 0 bridgehead atoms. The minimum Gasteiger partial charge on any atom is -0.481 e. The van der Waals surface area contributed by atoms with E-state index in [4.69, 9.17) is 0 Å². The van der Waals surface area contributed by atoms with Gasteiger partial charge in [-0.15, -0.1) is 0 Å². The normalized spacial score (nSPS) is 22.7. The molecule has 2 N–H and O–H groups in total. The third-order valence-electron chi connectivity index (χ3n) is 8.50. The summed E-state index contributed by atoms with van der Waals surface area (Å²) in [7, 11) is 0. The third kappa shape index (κ3) is 7.49. The lowest BCUT2D eigenvalue weighted by Crippen LogP contribution is -2.48. The minimum atomic E-state index is -0.935. The van der Waals surface area contributed by atoms with Crippen molar-refractivity contribution in [2.75, 3.05) is 13.1 Å². The van der Waals surface area contributed by atoms with E-state index in [0.29, 0.717) is 38.8 Å². The monoisotopic (exact) mass is 548 g/mol. The van der Waals surface area contributed by atoms with Gasteiger partial charge in [-0.3, -0.25) is 19.2 Å². The summed E-state index contributed by atoms with van der Waals surface area (Å²) >= 11 is 0. The number of carbonyl (C=O) groups is 4. The lowest BCUT2D eigenvalue weighted by atomic mass is 9.78. The maximum absolute atomic E-state index is 13.9. The molecular weight excluding hydrogens is 508 g/mol. The van der Waals surface area contributed by atoms with Crippen molar-refractivity contribution in [1.29, 1.82) is 0 Å². The van der Waals surface area contributed by atoms with Crippen molar-refractivity contribution < 1.29 is 29.4 Å². The summed E-state index contributed by atoms with van der Waals surface area (Å²) in [6.07, 6.45) is 5.28. The van der Waals surface area contributed by atoms with Gasteiger partial charge in [-0.05, 0) is 36.8 Å². The van der Waals surface area contributed by atoms with Crippen molar-refractivity contribution in [2.24, 2.45) is 23.7 Å². The SMILES string of the molecule is O=C(O)[C@H]1CCCC[C@@H]1C(=O)N(CCN(Cc1ccccc1)C(=O)[C@H]1CCCC[C@H]1C(=O)O)Cc1ccccc1. The van der Waals surface area contributed by atoms with Crippen LogP contribution in [0.4, 0.5) is 0 Å². The van der Waals surface area contributed by atoms with Gasteiger partial charge >= 0.3 is 11.9 Å². The van der Waals surface area contributed by atoms with Gasteiger partial charge in [-0.2, -0.15) is 0 Å². The molecule has 2 aromatic rings. The van der Waals surface area contributed by atoms with Crippen LogP contribution in [0.3, 0.4) is 0 Å². The summed E-state index contributed by atoms with van der Waals surface area (Å²) in [5, 5.41) is 19.7. The highest BCUT2D eigenvalue weighted by Gasteiger charge is 2.40. The van der Waals surface area contributed by atoms with Crippen LogP contribution in [0.2, 0.25) is 0 Å². The first-order valence-electron chi connectivity index (χ1n) is 14.5. The number of rotatable bonds is 11. The summed E-state index contributed by atoms with van der Waals surface area (Å²) in [4.78, 5) is 55.2. The van der Waals surface area contributed by atoms with Crippen LogP contribution < -0.4 is 0 Å². The Morgan fingerprint density at radius 3 is 1.20 bits per heavy atom. The molecule has 2 aromatic carbocycles. The van der Waals surface area contributed by atoms with Gasteiger partial charge in [0, 0.05) is 26.2 Å². The van der Waals surface area contributed by atoms with E-state index in [0.717, 1.165) is 36.8 Å². The molecule has 0 unspecified atom stereocenters. The highest BCUT2D eigenvalue weighted by Crippen LogP contribution is 2.34. The molecule has 2 aliphatic carbocycles. The standard InChI is InChI=1S/C32H40N2O6/c35-29(25-15-7-9-17-27(25)31(37)38)33(21-23-11-3-1-4-12-23)19-20-34(22-24-13-5-2-6-14-24)30(36)26-16-8-10-18-28(26)32(39)40/h1-6,11-14,25-28H,7-10,15-22H2,(H,37,38)(H,39,40)/t25-,26-,27-,28+/m0/s1. The molecule has 8 heteroatoms. The molecule has 4 rings (SSSR count). The molecule has 0 aromatic heterocycles. The highest BCUT2D eigenvalue weighted by molar-refractivity contribution is 5.86. The summed E-state index contributed by atoms with van der Waals surface area (Å²) < 4.78 is 0. The first-order valence-corrected chi connectivity index (χ1v) is 14.5. The van der Waals surface area contributed by atoms with Gasteiger partial charge in [0.05, 0.1) is 23.7 Å². The van der Waals surface area contributed by atoms with E-state index in [9.17, 15) is 29.4 Å². The number of nitrogens with zero attached hydrogens (tertiary/aromatic N) is 2. The summed E-state index contributed by atoms with van der Waals surface area (Å²) in [5.41, 5.74) is 1.86. The van der Waals surface area contributed by atoms with Gasteiger partial charge in [0.25, 0.3) is 0 Å². The Morgan fingerprint density at radius 2 is 0.875 bits per heavy atom. The first-order chi connectivity index (χ1) is 19.3. The highest BCUT2D eigenvalue weighted by atomic mass is 16.4. The van der Waals surface area contributed by atoms with E-state index >= 15 is 0 Å². The zero-order chi connectivity index (χ0) is 28.5. The van der Waals surface area contributed by atoms with Crippen LogP contribution >= 0.6 is 0 Å². The van der Waals surface area contributed by atoms with Gasteiger partial charge in [-0.1, -0.05) is 86.3 Å². The number of hydrogen-bond acceptors (Lipinski definition) is 4. The van der Waals surface area contributed by atoms with E-state index in [-0.39, 0.29) is 24.9 Å². The van der Waals surface area contributed by atoms with Crippen LogP contribution in [0, 0.1) is 23.7 Å².